The number of aliphatic carboxylic acids is 1. The van der Waals surface area contributed by atoms with Crippen LogP contribution in [0.5, 0.6) is 0 Å². The molecule has 0 aliphatic rings. The van der Waals surface area contributed by atoms with Gasteiger partial charge in [0.2, 0.25) is 0 Å². The zero-order chi connectivity index (χ0) is 13.7. The standard InChI is InChI=1S/C12H15BrN2O3/c1-7(2)5-9(12(17)18)15-11(16)8-3-4-14-10(13)6-8/h3-4,6-7,9H,5H2,1-2H3,(H,15,16)(H,17,18)/t9-/m1/s1. The fraction of sp³-hybridized carbons (Fsp3) is 0.417. The number of carboxylic acids is 1. The Morgan fingerprint density at radius 1 is 1.50 bits per heavy atom. The molecule has 0 fully saturated rings. The Kier molecular flexibility index (Phi) is 5.27. The fourth-order valence-electron chi connectivity index (χ4n) is 1.48. The minimum atomic E-state index is -1.02. The molecule has 0 aromatic carbocycles. The first-order chi connectivity index (χ1) is 8.40. The number of carboxylic acid groups (broad SMARTS) is 1. The van der Waals surface area contributed by atoms with Crippen LogP contribution in [-0.4, -0.2) is 28.0 Å². The van der Waals surface area contributed by atoms with Crippen molar-refractivity contribution >= 4 is 27.8 Å². The molecule has 18 heavy (non-hydrogen) atoms. The molecule has 0 unspecified atom stereocenters. The number of carbonyl (C=O) groups excluding carboxylic acids is 1. The van der Waals surface area contributed by atoms with Crippen LogP contribution in [0.2, 0.25) is 0 Å². The highest BCUT2D eigenvalue weighted by Crippen LogP contribution is 2.10. The van der Waals surface area contributed by atoms with Crippen molar-refractivity contribution in [1.29, 1.82) is 0 Å². The van der Waals surface area contributed by atoms with E-state index in [1.54, 1.807) is 6.07 Å². The third-order valence-electron chi connectivity index (χ3n) is 2.30. The Labute approximate surface area is 114 Å². The third-order valence-corrected chi connectivity index (χ3v) is 2.73. The maximum absolute atomic E-state index is 11.9. The molecule has 1 heterocycles. The van der Waals surface area contributed by atoms with Crippen molar-refractivity contribution < 1.29 is 14.7 Å². The molecular weight excluding hydrogens is 300 g/mol. The maximum atomic E-state index is 11.9. The van der Waals surface area contributed by atoms with Crippen LogP contribution in [0.15, 0.2) is 22.9 Å². The topological polar surface area (TPSA) is 79.3 Å². The van der Waals surface area contributed by atoms with E-state index in [1.807, 2.05) is 13.8 Å². The highest BCUT2D eigenvalue weighted by atomic mass is 79.9. The fourth-order valence-corrected chi connectivity index (χ4v) is 1.84. The molecule has 98 valence electrons. The minimum absolute atomic E-state index is 0.190. The summed E-state index contributed by atoms with van der Waals surface area (Å²) in [7, 11) is 0. The summed E-state index contributed by atoms with van der Waals surface area (Å²) in [5, 5.41) is 11.5. The van der Waals surface area contributed by atoms with Gasteiger partial charge in [-0.25, -0.2) is 9.78 Å². The van der Waals surface area contributed by atoms with E-state index in [0.717, 1.165) is 0 Å². The second kappa shape index (κ2) is 6.49. The number of pyridine rings is 1. The molecule has 1 aromatic heterocycles. The summed E-state index contributed by atoms with van der Waals surface area (Å²) in [5.74, 6) is -1.24. The van der Waals surface area contributed by atoms with Gasteiger partial charge in [0.05, 0.1) is 0 Å². The Morgan fingerprint density at radius 2 is 2.17 bits per heavy atom. The van der Waals surface area contributed by atoms with Crippen LogP contribution in [0.1, 0.15) is 30.6 Å². The van der Waals surface area contributed by atoms with Crippen molar-refractivity contribution in [3.8, 4) is 0 Å². The molecule has 1 rings (SSSR count). The average Bonchev–Trinajstić information content (AvgIpc) is 2.27. The van der Waals surface area contributed by atoms with Crippen LogP contribution in [-0.2, 0) is 4.79 Å². The van der Waals surface area contributed by atoms with E-state index in [1.165, 1.54) is 12.3 Å². The second-order valence-corrected chi connectivity index (χ2v) is 5.17. The largest absolute Gasteiger partial charge is 0.480 e. The number of halogens is 1. The molecule has 1 atom stereocenters. The van der Waals surface area contributed by atoms with Crippen molar-refractivity contribution in [2.45, 2.75) is 26.3 Å². The summed E-state index contributed by atoms with van der Waals surface area (Å²) in [6, 6.07) is 2.21. The monoisotopic (exact) mass is 314 g/mol. The maximum Gasteiger partial charge on any atom is 0.326 e. The molecule has 0 bridgehead atoms. The lowest BCUT2D eigenvalue weighted by Gasteiger charge is -2.16. The first-order valence-electron chi connectivity index (χ1n) is 5.55. The van der Waals surface area contributed by atoms with Gasteiger partial charge >= 0.3 is 5.97 Å². The summed E-state index contributed by atoms with van der Waals surface area (Å²) < 4.78 is 0.533. The van der Waals surface area contributed by atoms with E-state index in [4.69, 9.17) is 5.11 Å². The highest BCUT2D eigenvalue weighted by Gasteiger charge is 2.21. The van der Waals surface area contributed by atoms with E-state index in [0.29, 0.717) is 16.6 Å². The summed E-state index contributed by atoms with van der Waals surface area (Å²) >= 11 is 3.16. The van der Waals surface area contributed by atoms with Crippen LogP contribution in [0.3, 0.4) is 0 Å². The number of hydrogen-bond acceptors (Lipinski definition) is 3. The van der Waals surface area contributed by atoms with Crippen LogP contribution in [0.4, 0.5) is 0 Å². The van der Waals surface area contributed by atoms with Gasteiger partial charge in [-0.2, -0.15) is 0 Å². The SMILES string of the molecule is CC(C)C[C@@H](NC(=O)c1ccnc(Br)c1)C(=O)O. The molecule has 0 aliphatic carbocycles. The Hall–Kier alpha value is -1.43. The molecule has 1 aromatic rings. The summed E-state index contributed by atoms with van der Waals surface area (Å²) in [5.41, 5.74) is 0.381. The molecule has 0 spiro atoms. The number of hydrogen-bond donors (Lipinski definition) is 2. The number of carbonyl (C=O) groups is 2. The molecule has 5 nitrogen and oxygen atoms in total. The van der Waals surface area contributed by atoms with Crippen LogP contribution >= 0.6 is 15.9 Å². The van der Waals surface area contributed by atoms with Gasteiger partial charge in [-0.15, -0.1) is 0 Å². The molecule has 0 aliphatic heterocycles. The molecule has 1 amide bonds. The van der Waals surface area contributed by atoms with Crippen molar-refractivity contribution in [2.75, 3.05) is 0 Å². The predicted octanol–water partition coefficient (Wildman–Crippen LogP) is 2.07. The molecule has 6 heteroatoms. The molecular formula is C12H15BrN2O3. The summed E-state index contributed by atoms with van der Waals surface area (Å²) in [6.07, 6.45) is 1.88. The van der Waals surface area contributed by atoms with Gasteiger partial charge in [-0.3, -0.25) is 4.79 Å². The molecule has 2 N–H and O–H groups in total. The van der Waals surface area contributed by atoms with Gasteiger partial charge in [-0.1, -0.05) is 13.8 Å². The van der Waals surface area contributed by atoms with Gasteiger partial charge in [-0.05, 0) is 40.4 Å². The lowest BCUT2D eigenvalue weighted by molar-refractivity contribution is -0.139. The number of nitrogens with one attached hydrogen (secondary N) is 1. The average molecular weight is 315 g/mol. The minimum Gasteiger partial charge on any atom is -0.480 e. The van der Waals surface area contributed by atoms with E-state index in [-0.39, 0.29) is 5.92 Å². The highest BCUT2D eigenvalue weighted by molar-refractivity contribution is 9.10. The Balaban J connectivity index is 2.75. The van der Waals surface area contributed by atoms with Gasteiger partial charge < -0.3 is 10.4 Å². The molecule has 0 saturated heterocycles. The molecule has 0 saturated carbocycles. The summed E-state index contributed by atoms with van der Waals surface area (Å²) in [4.78, 5) is 26.8. The predicted molar refractivity (Wildman–Crippen MR) is 70.3 cm³/mol. The lowest BCUT2D eigenvalue weighted by atomic mass is 10.0. The quantitative estimate of drug-likeness (QED) is 0.815. The third kappa shape index (κ3) is 4.44. The van der Waals surface area contributed by atoms with Crippen molar-refractivity contribution in [3.63, 3.8) is 0 Å². The van der Waals surface area contributed by atoms with Crippen molar-refractivity contribution in [1.82, 2.24) is 10.3 Å². The second-order valence-electron chi connectivity index (χ2n) is 4.36. The Bertz CT molecular complexity index is 449. The first kappa shape index (κ1) is 14.6. The van der Waals surface area contributed by atoms with Crippen molar-refractivity contribution in [3.05, 3.63) is 28.5 Å². The van der Waals surface area contributed by atoms with Gasteiger partial charge in [0.15, 0.2) is 0 Å². The van der Waals surface area contributed by atoms with Gasteiger partial charge in [0, 0.05) is 11.8 Å². The number of rotatable bonds is 5. The number of amides is 1. The Morgan fingerprint density at radius 3 is 2.67 bits per heavy atom. The zero-order valence-electron chi connectivity index (χ0n) is 10.2. The van der Waals surface area contributed by atoms with E-state index in [2.05, 4.69) is 26.2 Å². The van der Waals surface area contributed by atoms with E-state index < -0.39 is 17.9 Å². The van der Waals surface area contributed by atoms with Crippen molar-refractivity contribution in [2.24, 2.45) is 5.92 Å². The van der Waals surface area contributed by atoms with Gasteiger partial charge in [0.25, 0.3) is 5.91 Å². The zero-order valence-corrected chi connectivity index (χ0v) is 11.8. The smallest absolute Gasteiger partial charge is 0.326 e. The van der Waals surface area contributed by atoms with Gasteiger partial charge in [0.1, 0.15) is 10.6 Å². The van der Waals surface area contributed by atoms with Crippen LogP contribution in [0, 0.1) is 5.92 Å². The van der Waals surface area contributed by atoms with E-state index >= 15 is 0 Å². The molecule has 0 radical (unpaired) electrons. The van der Waals surface area contributed by atoms with Crippen LogP contribution < -0.4 is 5.32 Å². The number of nitrogens with zero attached hydrogens (tertiary/aromatic N) is 1. The lowest BCUT2D eigenvalue weighted by Crippen LogP contribution is -2.41. The first-order valence-corrected chi connectivity index (χ1v) is 6.34. The number of aromatic nitrogens is 1. The summed E-state index contributed by atoms with van der Waals surface area (Å²) in [6.45, 7) is 3.82. The van der Waals surface area contributed by atoms with Crippen LogP contribution in [0.25, 0.3) is 0 Å². The normalized spacial score (nSPS) is 12.2. The van der Waals surface area contributed by atoms with E-state index in [9.17, 15) is 9.59 Å².